The van der Waals surface area contributed by atoms with E-state index in [0.29, 0.717) is 11.1 Å². The lowest BCUT2D eigenvalue weighted by molar-refractivity contribution is -0.164. The minimum atomic E-state index is -1.23. The summed E-state index contributed by atoms with van der Waals surface area (Å²) in [5.74, 6) is -6.47. The number of phenols is 2. The van der Waals surface area contributed by atoms with Crippen molar-refractivity contribution in [3.8, 4) is 11.5 Å². The Morgan fingerprint density at radius 3 is 1.29 bits per heavy atom. The summed E-state index contributed by atoms with van der Waals surface area (Å²) in [6.45, 7) is 0. The first kappa shape index (κ1) is 15.9. The summed E-state index contributed by atoms with van der Waals surface area (Å²) >= 11 is 0. The highest BCUT2D eigenvalue weighted by atomic mass is 16.4. The van der Waals surface area contributed by atoms with Crippen LogP contribution < -0.4 is 0 Å². The molecule has 0 aromatic heterocycles. The summed E-state index contributed by atoms with van der Waals surface area (Å²) in [5.41, 5.74) is 0.742. The molecule has 0 amide bonds. The Balaban J connectivity index is 2.15. The quantitative estimate of drug-likeness (QED) is 0.685. The Labute approximate surface area is 137 Å². The Morgan fingerprint density at radius 1 is 0.667 bits per heavy atom. The van der Waals surface area contributed by atoms with E-state index in [1.807, 2.05) is 0 Å². The first-order valence-electron chi connectivity index (χ1n) is 7.45. The summed E-state index contributed by atoms with van der Waals surface area (Å²) in [6.07, 6.45) is 0. The number of benzene rings is 2. The second kappa shape index (κ2) is 5.88. The monoisotopic (exact) mass is 328 g/mol. The molecule has 2 aromatic carbocycles. The average molecular weight is 328 g/mol. The first-order chi connectivity index (χ1) is 11.4. The molecule has 24 heavy (non-hydrogen) atoms. The van der Waals surface area contributed by atoms with E-state index in [1.54, 1.807) is 36.4 Å². The van der Waals surface area contributed by atoms with Crippen molar-refractivity contribution < 1.29 is 30.0 Å². The summed E-state index contributed by atoms with van der Waals surface area (Å²) in [6, 6.07) is 12.6. The van der Waals surface area contributed by atoms with Crippen molar-refractivity contribution in [3.63, 3.8) is 0 Å². The lowest BCUT2D eigenvalue weighted by atomic mass is 9.52. The molecular weight excluding hydrogens is 312 g/mol. The van der Waals surface area contributed by atoms with E-state index in [9.17, 15) is 30.0 Å². The molecule has 6 heteroatoms. The van der Waals surface area contributed by atoms with Crippen LogP contribution in [0.1, 0.15) is 23.0 Å². The zero-order valence-corrected chi connectivity index (χ0v) is 12.5. The number of hydrogen-bond donors (Lipinski definition) is 4. The van der Waals surface area contributed by atoms with Crippen LogP contribution >= 0.6 is 0 Å². The molecule has 3 rings (SSSR count). The number of phenolic OH excluding ortho intramolecular Hbond substituents is 2. The van der Waals surface area contributed by atoms with Gasteiger partial charge in [-0.1, -0.05) is 36.4 Å². The minimum absolute atomic E-state index is 0.0852. The molecule has 0 heterocycles. The van der Waals surface area contributed by atoms with Gasteiger partial charge in [-0.15, -0.1) is 0 Å². The molecule has 4 N–H and O–H groups in total. The Kier molecular flexibility index (Phi) is 3.89. The number of hydrogen-bond acceptors (Lipinski definition) is 4. The molecule has 1 aliphatic rings. The molecule has 0 radical (unpaired) electrons. The third-order valence-corrected chi connectivity index (χ3v) is 4.71. The van der Waals surface area contributed by atoms with Crippen LogP contribution in [0, 0.1) is 11.8 Å². The van der Waals surface area contributed by atoms with E-state index < -0.39 is 35.6 Å². The van der Waals surface area contributed by atoms with Gasteiger partial charge in [0.2, 0.25) is 0 Å². The lowest BCUT2D eigenvalue weighted by Gasteiger charge is -2.48. The summed E-state index contributed by atoms with van der Waals surface area (Å²) in [5, 5.41) is 39.2. The van der Waals surface area contributed by atoms with Crippen molar-refractivity contribution in [3.05, 3.63) is 59.7 Å². The fourth-order valence-electron chi connectivity index (χ4n) is 3.68. The lowest BCUT2D eigenvalue weighted by Crippen LogP contribution is -2.51. The second-order valence-corrected chi connectivity index (χ2v) is 5.90. The van der Waals surface area contributed by atoms with Crippen molar-refractivity contribution in [2.24, 2.45) is 11.8 Å². The molecule has 4 unspecified atom stereocenters. The van der Waals surface area contributed by atoms with Gasteiger partial charge in [0.15, 0.2) is 0 Å². The number of carboxylic acids is 2. The summed E-state index contributed by atoms with van der Waals surface area (Å²) in [7, 11) is 0. The Bertz CT molecular complexity index is 732. The minimum Gasteiger partial charge on any atom is -0.508 e. The van der Waals surface area contributed by atoms with E-state index in [0.717, 1.165) is 0 Å². The molecule has 6 nitrogen and oxygen atoms in total. The van der Waals surface area contributed by atoms with Crippen molar-refractivity contribution in [2.75, 3.05) is 0 Å². The standard InChI is InChI=1S/C18H16O6/c19-11-7-3-1-5-9(11)13-14(10-6-2-4-8-12(10)20)16(18(23)24)15(13)17(21)22/h1-8,13-16,19-20H,(H,21,22)(H,23,24). The molecule has 0 saturated heterocycles. The smallest absolute Gasteiger partial charge is 0.308 e. The van der Waals surface area contributed by atoms with Crippen LogP contribution in [0.15, 0.2) is 48.5 Å². The normalized spacial score (nSPS) is 25.7. The maximum absolute atomic E-state index is 11.6. The third kappa shape index (κ3) is 2.36. The molecule has 0 spiro atoms. The fourth-order valence-corrected chi connectivity index (χ4v) is 3.68. The van der Waals surface area contributed by atoms with Crippen LogP contribution in [0.25, 0.3) is 0 Å². The molecular formula is C18H16O6. The van der Waals surface area contributed by atoms with Crippen LogP contribution in [-0.4, -0.2) is 32.4 Å². The Hall–Kier alpha value is -3.02. The molecule has 1 saturated carbocycles. The fraction of sp³-hybridized carbons (Fsp3) is 0.222. The highest BCUT2D eigenvalue weighted by Gasteiger charge is 2.59. The molecule has 1 fully saturated rings. The van der Waals surface area contributed by atoms with Gasteiger partial charge in [-0.3, -0.25) is 9.59 Å². The van der Waals surface area contributed by atoms with Gasteiger partial charge < -0.3 is 20.4 Å². The van der Waals surface area contributed by atoms with Gasteiger partial charge in [-0.05, 0) is 23.3 Å². The number of para-hydroxylation sites is 2. The predicted molar refractivity (Wildman–Crippen MR) is 83.9 cm³/mol. The zero-order chi connectivity index (χ0) is 17.4. The van der Waals surface area contributed by atoms with Crippen molar-refractivity contribution >= 4 is 11.9 Å². The predicted octanol–water partition coefficient (Wildman–Crippen LogP) is 2.38. The molecule has 1 aliphatic carbocycles. The molecule has 0 aliphatic heterocycles. The SMILES string of the molecule is O=C(O)C1C(C(=O)O)C(c2ccccc2O)C1c1ccccc1O. The number of carboxylic acid groups (broad SMARTS) is 2. The van der Waals surface area contributed by atoms with Crippen LogP contribution in [0.3, 0.4) is 0 Å². The second-order valence-electron chi connectivity index (χ2n) is 5.90. The van der Waals surface area contributed by atoms with E-state index in [1.165, 1.54) is 12.1 Å². The largest absolute Gasteiger partial charge is 0.508 e. The highest BCUT2D eigenvalue weighted by Crippen LogP contribution is 2.60. The van der Waals surface area contributed by atoms with Crippen LogP contribution in [-0.2, 0) is 9.59 Å². The van der Waals surface area contributed by atoms with Crippen molar-refractivity contribution in [1.29, 1.82) is 0 Å². The maximum Gasteiger partial charge on any atom is 0.308 e. The van der Waals surface area contributed by atoms with Crippen LogP contribution in [0.5, 0.6) is 11.5 Å². The van der Waals surface area contributed by atoms with Gasteiger partial charge in [-0.25, -0.2) is 0 Å². The van der Waals surface area contributed by atoms with Crippen molar-refractivity contribution in [1.82, 2.24) is 0 Å². The summed E-state index contributed by atoms with van der Waals surface area (Å²) in [4.78, 5) is 23.3. The van der Waals surface area contributed by atoms with Crippen LogP contribution in [0.4, 0.5) is 0 Å². The van der Waals surface area contributed by atoms with Gasteiger partial charge in [0.05, 0.1) is 11.8 Å². The molecule has 2 aromatic rings. The van der Waals surface area contributed by atoms with Gasteiger partial charge in [0.25, 0.3) is 0 Å². The van der Waals surface area contributed by atoms with Gasteiger partial charge in [-0.2, -0.15) is 0 Å². The van der Waals surface area contributed by atoms with E-state index >= 15 is 0 Å². The average Bonchev–Trinajstić information content (AvgIpc) is 2.49. The zero-order valence-electron chi connectivity index (χ0n) is 12.5. The first-order valence-corrected chi connectivity index (χ1v) is 7.45. The van der Waals surface area contributed by atoms with Gasteiger partial charge in [0.1, 0.15) is 11.5 Å². The van der Waals surface area contributed by atoms with E-state index in [2.05, 4.69) is 0 Å². The highest BCUT2D eigenvalue weighted by molar-refractivity contribution is 5.85. The molecule has 4 atom stereocenters. The topological polar surface area (TPSA) is 115 Å². The maximum atomic E-state index is 11.6. The van der Waals surface area contributed by atoms with Gasteiger partial charge >= 0.3 is 11.9 Å². The van der Waals surface area contributed by atoms with Gasteiger partial charge in [0, 0.05) is 11.8 Å². The Morgan fingerprint density at radius 2 is 1.00 bits per heavy atom. The number of aromatic hydroxyl groups is 2. The number of aliphatic carboxylic acids is 2. The number of carbonyl (C=O) groups is 2. The van der Waals surface area contributed by atoms with E-state index in [-0.39, 0.29) is 11.5 Å². The molecule has 0 bridgehead atoms. The van der Waals surface area contributed by atoms with Crippen LogP contribution in [0.2, 0.25) is 0 Å². The summed E-state index contributed by atoms with van der Waals surface area (Å²) < 4.78 is 0. The molecule has 124 valence electrons. The van der Waals surface area contributed by atoms with Crippen molar-refractivity contribution in [2.45, 2.75) is 11.8 Å². The third-order valence-electron chi connectivity index (χ3n) is 4.71. The number of rotatable bonds is 4. The van der Waals surface area contributed by atoms with E-state index in [4.69, 9.17) is 0 Å².